The predicted octanol–water partition coefficient (Wildman–Crippen LogP) is 2.44. The van der Waals surface area contributed by atoms with E-state index in [1.54, 1.807) is 0 Å². The number of carboxylic acid groups (broad SMARTS) is 1. The number of anilines is 1. The zero-order valence-electron chi connectivity index (χ0n) is 11.5. The van der Waals surface area contributed by atoms with E-state index in [9.17, 15) is 4.79 Å². The van der Waals surface area contributed by atoms with Gasteiger partial charge in [0, 0.05) is 13.0 Å². The quantitative estimate of drug-likeness (QED) is 0.692. The molecule has 0 aliphatic rings. The molecule has 0 radical (unpaired) electrons. The second-order valence-corrected chi connectivity index (χ2v) is 5.40. The van der Waals surface area contributed by atoms with Gasteiger partial charge in [-0.3, -0.25) is 4.79 Å². The molecule has 0 aliphatic heterocycles. The number of rotatable bonds is 9. The first-order valence-corrected chi connectivity index (χ1v) is 7.51. The Kier molecular flexibility index (Phi) is 5.96. The SMILES string of the molecule is O=C(O)CCNc1nnc(CCCOc2ccccc2)s1. The van der Waals surface area contributed by atoms with Gasteiger partial charge in [-0.1, -0.05) is 29.5 Å². The van der Waals surface area contributed by atoms with Gasteiger partial charge in [0.1, 0.15) is 10.8 Å². The highest BCUT2D eigenvalue weighted by Gasteiger charge is 2.04. The van der Waals surface area contributed by atoms with Crippen LogP contribution < -0.4 is 10.1 Å². The summed E-state index contributed by atoms with van der Waals surface area (Å²) in [6, 6.07) is 9.68. The van der Waals surface area contributed by atoms with Crippen molar-refractivity contribution < 1.29 is 14.6 Å². The van der Waals surface area contributed by atoms with Crippen molar-refractivity contribution in [2.75, 3.05) is 18.5 Å². The van der Waals surface area contributed by atoms with Crippen LogP contribution in [0.3, 0.4) is 0 Å². The average Bonchev–Trinajstić information content (AvgIpc) is 2.92. The molecule has 0 spiro atoms. The zero-order chi connectivity index (χ0) is 14.9. The van der Waals surface area contributed by atoms with E-state index in [1.165, 1.54) is 11.3 Å². The maximum Gasteiger partial charge on any atom is 0.305 e. The zero-order valence-corrected chi connectivity index (χ0v) is 12.3. The molecule has 7 heteroatoms. The Morgan fingerprint density at radius 3 is 2.86 bits per heavy atom. The summed E-state index contributed by atoms with van der Waals surface area (Å²) in [5, 5.41) is 21.1. The summed E-state index contributed by atoms with van der Waals surface area (Å²) in [6.07, 6.45) is 1.73. The van der Waals surface area contributed by atoms with E-state index in [0.29, 0.717) is 18.3 Å². The molecule has 0 amide bonds. The van der Waals surface area contributed by atoms with Crippen molar-refractivity contribution in [2.24, 2.45) is 0 Å². The molecule has 21 heavy (non-hydrogen) atoms. The average molecular weight is 307 g/mol. The van der Waals surface area contributed by atoms with Crippen LogP contribution in [0.5, 0.6) is 5.75 Å². The third-order valence-electron chi connectivity index (χ3n) is 2.63. The monoisotopic (exact) mass is 307 g/mol. The van der Waals surface area contributed by atoms with Gasteiger partial charge >= 0.3 is 5.97 Å². The minimum atomic E-state index is -0.828. The number of nitrogens with zero attached hydrogens (tertiary/aromatic N) is 2. The van der Waals surface area contributed by atoms with Crippen molar-refractivity contribution in [1.82, 2.24) is 10.2 Å². The van der Waals surface area contributed by atoms with Gasteiger partial charge in [-0.15, -0.1) is 10.2 Å². The lowest BCUT2D eigenvalue weighted by molar-refractivity contribution is -0.136. The summed E-state index contributed by atoms with van der Waals surface area (Å²) in [5.41, 5.74) is 0. The molecule has 1 heterocycles. The lowest BCUT2D eigenvalue weighted by atomic mass is 10.3. The number of aliphatic carboxylic acids is 1. The number of ether oxygens (including phenoxy) is 1. The second-order valence-electron chi connectivity index (χ2n) is 4.34. The smallest absolute Gasteiger partial charge is 0.305 e. The van der Waals surface area contributed by atoms with E-state index < -0.39 is 5.97 Å². The largest absolute Gasteiger partial charge is 0.494 e. The molecule has 0 unspecified atom stereocenters. The van der Waals surface area contributed by atoms with Crippen LogP contribution in [0.25, 0.3) is 0 Å². The number of hydrogen-bond acceptors (Lipinski definition) is 6. The summed E-state index contributed by atoms with van der Waals surface area (Å²) in [5.74, 6) is 0.0380. The molecule has 1 aromatic heterocycles. The van der Waals surface area contributed by atoms with E-state index in [-0.39, 0.29) is 6.42 Å². The third kappa shape index (κ3) is 5.78. The lowest BCUT2D eigenvalue weighted by Gasteiger charge is -2.04. The molecule has 1 aromatic carbocycles. The molecule has 2 aromatic rings. The van der Waals surface area contributed by atoms with Gasteiger partial charge in [0.15, 0.2) is 0 Å². The van der Waals surface area contributed by atoms with Crippen LogP contribution in [0, 0.1) is 0 Å². The van der Waals surface area contributed by atoms with Gasteiger partial charge in [-0.2, -0.15) is 0 Å². The van der Waals surface area contributed by atoms with Crippen molar-refractivity contribution in [3.05, 3.63) is 35.3 Å². The molecule has 0 saturated heterocycles. The first-order valence-electron chi connectivity index (χ1n) is 6.70. The minimum Gasteiger partial charge on any atom is -0.494 e. The van der Waals surface area contributed by atoms with E-state index >= 15 is 0 Å². The predicted molar refractivity (Wildman–Crippen MR) is 80.9 cm³/mol. The van der Waals surface area contributed by atoms with Crippen LogP contribution in [0.15, 0.2) is 30.3 Å². The molecular weight excluding hydrogens is 290 g/mol. The maximum absolute atomic E-state index is 10.4. The van der Waals surface area contributed by atoms with Gasteiger partial charge < -0.3 is 15.2 Å². The summed E-state index contributed by atoms with van der Waals surface area (Å²) in [6.45, 7) is 0.993. The first-order chi connectivity index (χ1) is 10.2. The Balaban J connectivity index is 1.65. The van der Waals surface area contributed by atoms with Gasteiger partial charge in [0.2, 0.25) is 5.13 Å². The van der Waals surface area contributed by atoms with Crippen molar-refractivity contribution in [1.29, 1.82) is 0 Å². The van der Waals surface area contributed by atoms with Crippen LogP contribution in [0.4, 0.5) is 5.13 Å². The highest BCUT2D eigenvalue weighted by molar-refractivity contribution is 7.15. The van der Waals surface area contributed by atoms with E-state index in [0.717, 1.165) is 23.6 Å². The Morgan fingerprint density at radius 2 is 2.10 bits per heavy atom. The Morgan fingerprint density at radius 1 is 1.29 bits per heavy atom. The van der Waals surface area contributed by atoms with Crippen LogP contribution in [0.2, 0.25) is 0 Å². The molecule has 0 aliphatic carbocycles. The summed E-state index contributed by atoms with van der Waals surface area (Å²) in [7, 11) is 0. The molecular formula is C14H17N3O3S. The van der Waals surface area contributed by atoms with Crippen LogP contribution >= 0.6 is 11.3 Å². The molecule has 112 valence electrons. The Bertz CT molecular complexity index is 560. The topological polar surface area (TPSA) is 84.3 Å². The maximum atomic E-state index is 10.4. The van der Waals surface area contributed by atoms with E-state index in [4.69, 9.17) is 9.84 Å². The second kappa shape index (κ2) is 8.21. The van der Waals surface area contributed by atoms with Gasteiger partial charge in [-0.25, -0.2) is 0 Å². The summed E-state index contributed by atoms with van der Waals surface area (Å²) >= 11 is 1.45. The van der Waals surface area contributed by atoms with E-state index in [2.05, 4.69) is 15.5 Å². The fraction of sp³-hybridized carbons (Fsp3) is 0.357. The third-order valence-corrected chi connectivity index (χ3v) is 3.57. The Labute approximate surface area is 126 Å². The lowest BCUT2D eigenvalue weighted by Crippen LogP contribution is -2.07. The molecule has 2 N–H and O–H groups in total. The summed E-state index contributed by atoms with van der Waals surface area (Å²) in [4.78, 5) is 10.4. The fourth-order valence-electron chi connectivity index (χ4n) is 1.63. The molecule has 6 nitrogen and oxygen atoms in total. The van der Waals surface area contributed by atoms with Crippen molar-refractivity contribution in [3.8, 4) is 5.75 Å². The number of carboxylic acids is 1. The van der Waals surface area contributed by atoms with Crippen LogP contribution in [0.1, 0.15) is 17.8 Å². The minimum absolute atomic E-state index is 0.0693. The standard InChI is InChI=1S/C14H17N3O3S/c18-13(19)8-9-15-14-17-16-12(21-14)7-4-10-20-11-5-2-1-3-6-11/h1-3,5-6H,4,7-10H2,(H,15,17)(H,18,19). The van der Waals surface area contributed by atoms with Crippen LogP contribution in [-0.2, 0) is 11.2 Å². The van der Waals surface area contributed by atoms with Crippen LogP contribution in [-0.4, -0.2) is 34.4 Å². The van der Waals surface area contributed by atoms with Crippen molar-refractivity contribution in [2.45, 2.75) is 19.3 Å². The Hall–Kier alpha value is -2.15. The van der Waals surface area contributed by atoms with Crippen molar-refractivity contribution in [3.63, 3.8) is 0 Å². The van der Waals surface area contributed by atoms with Gasteiger partial charge in [0.25, 0.3) is 0 Å². The number of nitrogens with one attached hydrogen (secondary N) is 1. The highest BCUT2D eigenvalue weighted by Crippen LogP contribution is 2.17. The molecule has 0 bridgehead atoms. The van der Waals surface area contributed by atoms with Gasteiger partial charge in [-0.05, 0) is 18.6 Å². The molecule has 0 saturated carbocycles. The number of hydrogen-bond donors (Lipinski definition) is 2. The number of para-hydroxylation sites is 1. The highest BCUT2D eigenvalue weighted by atomic mass is 32.1. The van der Waals surface area contributed by atoms with Crippen molar-refractivity contribution >= 4 is 22.4 Å². The molecule has 0 atom stereocenters. The summed E-state index contributed by atoms with van der Waals surface area (Å²) < 4.78 is 5.60. The first kappa shape index (κ1) is 15.2. The fourth-order valence-corrected chi connectivity index (χ4v) is 2.44. The number of aryl methyl sites for hydroxylation is 1. The normalized spacial score (nSPS) is 10.3. The molecule has 0 fully saturated rings. The van der Waals surface area contributed by atoms with Gasteiger partial charge in [0.05, 0.1) is 13.0 Å². The molecule has 2 rings (SSSR count). The number of carbonyl (C=O) groups is 1. The number of aromatic nitrogens is 2. The number of benzene rings is 1. The van der Waals surface area contributed by atoms with E-state index in [1.807, 2.05) is 30.3 Å².